The molecule has 27 heavy (non-hydrogen) atoms. The van der Waals surface area contributed by atoms with E-state index < -0.39 is 0 Å². The molecule has 5 rings (SSSR count). The molecule has 0 bridgehead atoms. The second kappa shape index (κ2) is 7.05. The molecule has 1 aliphatic carbocycles. The zero-order chi connectivity index (χ0) is 18.9. The Morgan fingerprint density at radius 1 is 1.22 bits per heavy atom. The van der Waals surface area contributed by atoms with Gasteiger partial charge in [0.15, 0.2) is 0 Å². The lowest BCUT2D eigenvalue weighted by Crippen LogP contribution is -2.37. The van der Waals surface area contributed by atoms with Crippen LogP contribution in [0.3, 0.4) is 0 Å². The van der Waals surface area contributed by atoms with Crippen LogP contribution < -0.4 is 4.90 Å². The number of hydrogen-bond acceptors (Lipinski definition) is 5. The van der Waals surface area contributed by atoms with E-state index in [1.807, 2.05) is 30.7 Å². The molecule has 0 atom stereocenters. The Morgan fingerprint density at radius 2 is 2.00 bits per heavy atom. The number of H-pyrrole nitrogens is 1. The first-order valence-corrected chi connectivity index (χ1v) is 9.57. The Hall–Kier alpha value is -2.85. The zero-order valence-corrected chi connectivity index (χ0v) is 15.8. The molecule has 2 fully saturated rings. The minimum atomic E-state index is -0.359. The van der Waals surface area contributed by atoms with Crippen LogP contribution in [-0.2, 0) is 10.2 Å². The van der Waals surface area contributed by atoms with Crippen molar-refractivity contribution in [1.82, 2.24) is 19.7 Å². The first-order valence-electron chi connectivity index (χ1n) is 9.57. The molecule has 0 spiro atoms. The van der Waals surface area contributed by atoms with Gasteiger partial charge < -0.3 is 9.64 Å². The molecular weight excluding hydrogens is 340 g/mol. The van der Waals surface area contributed by atoms with E-state index in [1.165, 1.54) is 0 Å². The van der Waals surface area contributed by atoms with E-state index in [1.54, 1.807) is 6.20 Å². The van der Waals surface area contributed by atoms with E-state index in [9.17, 15) is 5.26 Å². The van der Waals surface area contributed by atoms with Gasteiger partial charge in [-0.25, -0.2) is 4.98 Å². The van der Waals surface area contributed by atoms with E-state index in [0.29, 0.717) is 13.2 Å². The van der Waals surface area contributed by atoms with Crippen LogP contribution in [0.15, 0.2) is 30.6 Å². The normalized spacial score (nSPS) is 17.9. The summed E-state index contributed by atoms with van der Waals surface area (Å²) < 4.78 is 7.47. The van der Waals surface area contributed by atoms with Gasteiger partial charge in [0, 0.05) is 30.7 Å². The quantitative estimate of drug-likeness (QED) is 0.772. The van der Waals surface area contributed by atoms with Crippen LogP contribution in [0, 0.1) is 11.3 Å². The van der Waals surface area contributed by atoms with E-state index in [2.05, 4.69) is 33.3 Å². The lowest BCUT2D eigenvalue weighted by Gasteiger charge is -2.28. The first-order chi connectivity index (χ1) is 13.3. The van der Waals surface area contributed by atoms with E-state index in [0.717, 1.165) is 54.2 Å². The number of ether oxygens (including phenoxy) is 1. The minimum absolute atomic E-state index is 0.359. The van der Waals surface area contributed by atoms with Gasteiger partial charge in [-0.2, -0.15) is 10.4 Å². The molecule has 3 aromatic heterocycles. The highest BCUT2D eigenvalue weighted by atomic mass is 16.5. The Kier molecular flexibility index (Phi) is 4.58. The summed E-state index contributed by atoms with van der Waals surface area (Å²) >= 11 is 0. The number of pyridine rings is 1. The molecule has 1 aliphatic heterocycles. The van der Waals surface area contributed by atoms with Gasteiger partial charge in [0.05, 0.1) is 30.9 Å². The molecule has 0 unspecified atom stereocenters. The molecule has 1 N–H and O–H groups in total. The average molecular weight is 364 g/mol. The van der Waals surface area contributed by atoms with Crippen molar-refractivity contribution in [3.05, 3.63) is 36.2 Å². The summed E-state index contributed by atoms with van der Waals surface area (Å²) in [6.07, 6.45) is 5.55. The highest BCUT2D eigenvalue weighted by molar-refractivity contribution is 5.86. The van der Waals surface area contributed by atoms with Gasteiger partial charge in [-0.1, -0.05) is 13.8 Å². The predicted molar refractivity (Wildman–Crippen MR) is 104 cm³/mol. The molecule has 0 amide bonds. The monoisotopic (exact) mass is 364 g/mol. The lowest BCUT2D eigenvalue weighted by atomic mass is 9.95. The Morgan fingerprint density at radius 3 is 2.63 bits per heavy atom. The van der Waals surface area contributed by atoms with Crippen LogP contribution in [-0.4, -0.2) is 46.1 Å². The molecule has 1 saturated heterocycles. The highest BCUT2D eigenvalue weighted by Gasteiger charge is 2.46. The number of aromatic amines is 1. The van der Waals surface area contributed by atoms with Gasteiger partial charge in [-0.3, -0.25) is 9.67 Å². The van der Waals surface area contributed by atoms with Crippen LogP contribution in [0.5, 0.6) is 0 Å². The summed E-state index contributed by atoms with van der Waals surface area (Å²) in [5.74, 6) is 1.79. The van der Waals surface area contributed by atoms with Gasteiger partial charge in [-0.05, 0) is 30.5 Å². The predicted octanol–water partition coefficient (Wildman–Crippen LogP) is 3.17. The van der Waals surface area contributed by atoms with Crippen molar-refractivity contribution in [2.45, 2.75) is 32.1 Å². The Labute approximate surface area is 158 Å². The van der Waals surface area contributed by atoms with Gasteiger partial charge in [-0.15, -0.1) is 0 Å². The Bertz CT molecular complexity index is 958. The number of nitrogens with one attached hydrogen (secondary N) is 1. The van der Waals surface area contributed by atoms with E-state index in [4.69, 9.17) is 9.72 Å². The maximum absolute atomic E-state index is 9.73. The zero-order valence-electron chi connectivity index (χ0n) is 15.8. The number of fused-ring (bicyclic) bond motifs is 1. The molecule has 2 aliphatic rings. The van der Waals surface area contributed by atoms with Gasteiger partial charge in [0.25, 0.3) is 0 Å². The first kappa shape index (κ1) is 17.6. The third kappa shape index (κ3) is 2.96. The maximum Gasteiger partial charge on any atom is 0.148 e. The van der Waals surface area contributed by atoms with Crippen molar-refractivity contribution in [2.24, 2.45) is 0 Å². The van der Waals surface area contributed by atoms with Gasteiger partial charge in [0.2, 0.25) is 0 Å². The van der Waals surface area contributed by atoms with E-state index >= 15 is 0 Å². The van der Waals surface area contributed by atoms with Crippen LogP contribution in [0.4, 0.5) is 5.82 Å². The molecule has 7 nitrogen and oxygen atoms in total. The molecule has 3 aromatic rings. The number of rotatable bonds is 3. The molecule has 7 heteroatoms. The number of morpholine rings is 1. The number of hydrogen-bond donors (Lipinski definition) is 1. The summed E-state index contributed by atoms with van der Waals surface area (Å²) in [4.78, 5) is 7.17. The minimum Gasteiger partial charge on any atom is -0.378 e. The van der Waals surface area contributed by atoms with Gasteiger partial charge in [0.1, 0.15) is 17.3 Å². The molecule has 0 aromatic carbocycles. The fourth-order valence-corrected chi connectivity index (χ4v) is 3.59. The van der Waals surface area contributed by atoms with E-state index in [-0.39, 0.29) is 5.41 Å². The third-order valence-corrected chi connectivity index (χ3v) is 5.20. The molecular formula is C20H24N6O. The molecule has 0 radical (unpaired) electrons. The average Bonchev–Trinajstić information content (AvgIpc) is 3.14. The van der Waals surface area contributed by atoms with Crippen molar-refractivity contribution in [3.63, 3.8) is 0 Å². The van der Waals surface area contributed by atoms with Gasteiger partial charge >= 0.3 is 0 Å². The highest BCUT2D eigenvalue weighted by Crippen LogP contribution is 2.50. The van der Waals surface area contributed by atoms with Crippen LogP contribution >= 0.6 is 0 Å². The van der Waals surface area contributed by atoms with Crippen LogP contribution in [0.2, 0.25) is 0 Å². The largest absolute Gasteiger partial charge is 0.378 e. The third-order valence-electron chi connectivity index (χ3n) is 5.20. The second-order valence-electron chi connectivity index (χ2n) is 6.69. The molecule has 140 valence electrons. The van der Waals surface area contributed by atoms with Crippen molar-refractivity contribution in [1.29, 1.82) is 5.26 Å². The summed E-state index contributed by atoms with van der Waals surface area (Å²) in [5.41, 5.74) is 1.60. The molecule has 4 heterocycles. The van der Waals surface area contributed by atoms with Crippen LogP contribution in [0.25, 0.3) is 16.9 Å². The van der Waals surface area contributed by atoms with Crippen molar-refractivity contribution >= 4 is 16.9 Å². The molecule has 1 saturated carbocycles. The smallest absolute Gasteiger partial charge is 0.148 e. The maximum atomic E-state index is 9.73. The lowest BCUT2D eigenvalue weighted by molar-refractivity contribution is 0.122. The SMILES string of the molecule is CC.N#CC1(c2cc(N3CCOCC3)nc3c2ccn3-c2ccn[nH]2)CC1. The summed E-state index contributed by atoms with van der Waals surface area (Å²) in [7, 11) is 0. The summed E-state index contributed by atoms with van der Waals surface area (Å²) in [6.45, 7) is 7.06. The number of nitrogens with zero attached hydrogens (tertiary/aromatic N) is 5. The topological polar surface area (TPSA) is 82.8 Å². The second-order valence-corrected chi connectivity index (χ2v) is 6.69. The Balaban J connectivity index is 0.000000872. The fourth-order valence-electron chi connectivity index (χ4n) is 3.59. The fraction of sp³-hybridized carbons (Fsp3) is 0.450. The van der Waals surface area contributed by atoms with Crippen molar-refractivity contribution in [2.75, 3.05) is 31.2 Å². The number of aromatic nitrogens is 4. The number of anilines is 1. The van der Waals surface area contributed by atoms with Crippen LogP contribution in [0.1, 0.15) is 32.3 Å². The summed E-state index contributed by atoms with van der Waals surface area (Å²) in [6, 6.07) is 8.62. The van der Waals surface area contributed by atoms with Crippen molar-refractivity contribution in [3.8, 4) is 11.9 Å². The van der Waals surface area contributed by atoms with Crippen molar-refractivity contribution < 1.29 is 4.74 Å². The summed E-state index contributed by atoms with van der Waals surface area (Å²) in [5, 5.41) is 17.8. The number of nitriles is 1. The standard InChI is InChI=1S/C18H18N6O.C2H6/c19-12-18(3-4-18)14-11-16(23-7-9-25-10-8-23)21-17-13(14)2-6-24(17)15-1-5-20-22-15;1-2/h1-2,5-6,11H,3-4,7-10H2,(H,20,22);1-2H3.